The van der Waals surface area contributed by atoms with Crippen molar-refractivity contribution in [3.05, 3.63) is 35.9 Å². The van der Waals surface area contributed by atoms with E-state index in [-0.39, 0.29) is 10.9 Å². The standard InChI is InChI=1S/C23H26FN5O3S/c1-12-16(10-28-22-21(12)26-4-7-32-22)15-8-13-9-18(27-11-17(13)20(25)19(15)24)29-23(30)33-14-2-5-31-6-3-14/h8-11,14,26,30,33H,2-7,25H2,1H3,(H,27,29). The first-order valence-corrected chi connectivity index (χ1v) is 11.8. The molecular weight excluding hydrogens is 445 g/mol. The lowest BCUT2D eigenvalue weighted by atomic mass is 9.97. The fraction of sp³-hybridized carbons (Fsp3) is 0.348. The molecule has 5 rings (SSSR count). The summed E-state index contributed by atoms with van der Waals surface area (Å²) >= 11 is 0.815. The zero-order chi connectivity index (χ0) is 22.9. The topological polar surface area (TPSA) is 115 Å². The number of pyridine rings is 2. The highest BCUT2D eigenvalue weighted by Gasteiger charge is 2.21. The average molecular weight is 472 g/mol. The first kappa shape index (κ1) is 21.9. The van der Waals surface area contributed by atoms with Crippen molar-refractivity contribution in [1.82, 2.24) is 9.97 Å². The number of aliphatic hydroxyl groups excluding tert-OH is 1. The quantitative estimate of drug-likeness (QED) is 0.222. The van der Waals surface area contributed by atoms with Gasteiger partial charge in [-0.05, 0) is 42.8 Å². The van der Waals surface area contributed by atoms with Gasteiger partial charge in [-0.2, -0.15) is 11.4 Å². The van der Waals surface area contributed by atoms with Gasteiger partial charge in [0.15, 0.2) is 11.0 Å². The Kier molecular flexibility index (Phi) is 6.05. The lowest BCUT2D eigenvalue weighted by molar-refractivity contribution is 0.100. The van der Waals surface area contributed by atoms with E-state index in [0.29, 0.717) is 65.2 Å². The number of aromatic nitrogens is 2. The lowest BCUT2D eigenvalue weighted by Gasteiger charge is -2.22. The minimum atomic E-state index is -0.515. The van der Waals surface area contributed by atoms with Crippen LogP contribution in [0, 0.1) is 12.7 Å². The van der Waals surface area contributed by atoms with Crippen LogP contribution in [0.25, 0.3) is 21.9 Å². The highest BCUT2D eigenvalue weighted by atomic mass is 32.1. The van der Waals surface area contributed by atoms with Gasteiger partial charge in [0.2, 0.25) is 5.88 Å². The Labute approximate surface area is 194 Å². The van der Waals surface area contributed by atoms with E-state index in [4.69, 9.17) is 15.2 Å². The molecule has 0 spiro atoms. The Hall–Kier alpha value is -2.95. The fourth-order valence-electron chi connectivity index (χ4n) is 4.19. The SMILES string of the molecule is Cc1c(-c2cc3cc(NC(O)=[SH]C4CCOCC4)ncc3c(N)c2F)cnc2c1NCCO2. The fourth-order valence-corrected chi connectivity index (χ4v) is 5.18. The van der Waals surface area contributed by atoms with Gasteiger partial charge < -0.3 is 30.9 Å². The number of nitrogens with zero attached hydrogens (tertiary/aromatic N) is 2. The molecule has 1 aromatic carbocycles. The summed E-state index contributed by atoms with van der Waals surface area (Å²) in [5, 5.41) is 18.3. The minimum absolute atomic E-state index is 0.0245. The van der Waals surface area contributed by atoms with Gasteiger partial charge in [-0.1, -0.05) is 0 Å². The van der Waals surface area contributed by atoms with Gasteiger partial charge in [0.1, 0.15) is 18.1 Å². The Bertz CT molecular complexity index is 1250. The van der Waals surface area contributed by atoms with E-state index in [0.717, 1.165) is 35.4 Å². The highest BCUT2D eigenvalue weighted by Crippen LogP contribution is 2.39. The van der Waals surface area contributed by atoms with Gasteiger partial charge in [-0.25, -0.2) is 14.4 Å². The summed E-state index contributed by atoms with van der Waals surface area (Å²) in [5.74, 6) is 0.466. The Morgan fingerprint density at radius 1 is 1.21 bits per heavy atom. The number of nitrogens with two attached hydrogens (primary N) is 1. The maximum Gasteiger partial charge on any atom is 0.237 e. The molecule has 2 aliphatic heterocycles. The molecule has 0 radical (unpaired) electrons. The number of ether oxygens (including phenoxy) is 2. The van der Waals surface area contributed by atoms with Crippen LogP contribution in [0.1, 0.15) is 18.4 Å². The number of thiol groups is 1. The molecule has 5 N–H and O–H groups in total. The average Bonchev–Trinajstić information content (AvgIpc) is 2.82. The van der Waals surface area contributed by atoms with Crippen LogP contribution in [0.15, 0.2) is 24.5 Å². The van der Waals surface area contributed by atoms with Gasteiger partial charge in [-0.3, -0.25) is 0 Å². The van der Waals surface area contributed by atoms with E-state index in [1.165, 1.54) is 6.20 Å². The number of rotatable bonds is 3. The number of aliphatic hydroxyl groups is 1. The van der Waals surface area contributed by atoms with E-state index in [2.05, 4.69) is 20.6 Å². The maximum absolute atomic E-state index is 15.3. The minimum Gasteiger partial charge on any atom is -0.474 e. The van der Waals surface area contributed by atoms with E-state index >= 15 is 4.39 Å². The number of fused-ring (bicyclic) bond motifs is 2. The molecule has 174 valence electrons. The van der Waals surface area contributed by atoms with Gasteiger partial charge in [-0.15, -0.1) is 0 Å². The van der Waals surface area contributed by atoms with E-state index < -0.39 is 5.82 Å². The number of halogens is 1. The summed E-state index contributed by atoms with van der Waals surface area (Å²) in [6.45, 7) is 4.53. The van der Waals surface area contributed by atoms with Crippen molar-refractivity contribution in [2.45, 2.75) is 25.0 Å². The second-order valence-electron chi connectivity index (χ2n) is 8.12. The zero-order valence-electron chi connectivity index (χ0n) is 18.2. The normalized spacial score (nSPS) is 17.0. The van der Waals surface area contributed by atoms with Crippen molar-refractivity contribution in [2.24, 2.45) is 0 Å². The summed E-state index contributed by atoms with van der Waals surface area (Å²) in [5.41, 5.74) is 8.77. The number of anilines is 3. The third-order valence-corrected chi connectivity index (χ3v) is 7.21. The molecule has 0 saturated carbocycles. The number of nitrogen functional groups attached to an aromatic ring is 1. The summed E-state index contributed by atoms with van der Waals surface area (Å²) in [6, 6.07) is 3.49. The van der Waals surface area contributed by atoms with Crippen LogP contribution in [-0.4, -0.2) is 51.9 Å². The molecule has 0 atom stereocenters. The second kappa shape index (κ2) is 9.12. The van der Waals surface area contributed by atoms with Crippen LogP contribution in [0.3, 0.4) is 0 Å². The molecule has 0 bridgehead atoms. The molecule has 10 heteroatoms. The third-order valence-electron chi connectivity index (χ3n) is 5.97. The van der Waals surface area contributed by atoms with Crippen molar-refractivity contribution in [1.29, 1.82) is 0 Å². The lowest BCUT2D eigenvalue weighted by Crippen LogP contribution is -2.20. The van der Waals surface area contributed by atoms with Crippen LogP contribution in [0.5, 0.6) is 5.88 Å². The molecule has 4 heterocycles. The molecular formula is C23H26FN5O3S. The Morgan fingerprint density at radius 2 is 2.03 bits per heavy atom. The number of hydrogen-bond donors (Lipinski definition) is 5. The van der Waals surface area contributed by atoms with Crippen LogP contribution >= 0.6 is 11.4 Å². The van der Waals surface area contributed by atoms with Crippen LogP contribution in [0.4, 0.5) is 21.6 Å². The molecule has 2 aliphatic rings. The molecule has 33 heavy (non-hydrogen) atoms. The van der Waals surface area contributed by atoms with Crippen molar-refractivity contribution >= 4 is 44.5 Å². The van der Waals surface area contributed by atoms with Crippen LogP contribution in [0.2, 0.25) is 0 Å². The number of benzene rings is 1. The molecule has 0 aliphatic carbocycles. The van der Waals surface area contributed by atoms with Gasteiger partial charge in [0.05, 0.1) is 5.69 Å². The summed E-state index contributed by atoms with van der Waals surface area (Å²) in [6.07, 6.45) is 4.95. The monoisotopic (exact) mass is 471 g/mol. The predicted molar refractivity (Wildman–Crippen MR) is 132 cm³/mol. The van der Waals surface area contributed by atoms with Crippen LogP contribution in [-0.2, 0) is 4.74 Å². The predicted octanol–water partition coefficient (Wildman–Crippen LogP) is 3.83. The molecule has 1 fully saturated rings. The number of hydrogen-bond acceptors (Lipinski definition) is 6. The van der Waals surface area contributed by atoms with Crippen LogP contribution < -0.4 is 21.1 Å². The maximum atomic E-state index is 15.3. The molecule has 2 aromatic heterocycles. The largest absolute Gasteiger partial charge is 0.474 e. The molecule has 8 nitrogen and oxygen atoms in total. The summed E-state index contributed by atoms with van der Waals surface area (Å²) in [7, 11) is 0. The first-order chi connectivity index (χ1) is 16.0. The number of nitrogens with one attached hydrogen (secondary N) is 2. The molecule has 1 saturated heterocycles. The van der Waals surface area contributed by atoms with Crippen molar-refractivity contribution in [3.63, 3.8) is 0 Å². The third kappa shape index (κ3) is 4.33. The molecule has 3 aromatic rings. The first-order valence-electron chi connectivity index (χ1n) is 10.9. The Balaban J connectivity index is 1.51. The van der Waals surface area contributed by atoms with Gasteiger partial charge >= 0.3 is 0 Å². The molecule has 0 amide bonds. The zero-order valence-corrected chi connectivity index (χ0v) is 19.1. The highest BCUT2D eigenvalue weighted by molar-refractivity contribution is 7.99. The van der Waals surface area contributed by atoms with Gasteiger partial charge in [0.25, 0.3) is 0 Å². The van der Waals surface area contributed by atoms with Crippen molar-refractivity contribution in [3.8, 4) is 17.0 Å². The van der Waals surface area contributed by atoms with Gasteiger partial charge in [0, 0.05) is 53.9 Å². The van der Waals surface area contributed by atoms with E-state index in [1.807, 2.05) is 6.92 Å². The van der Waals surface area contributed by atoms with Crippen molar-refractivity contribution in [2.75, 3.05) is 42.7 Å². The summed E-state index contributed by atoms with van der Waals surface area (Å²) in [4.78, 5) is 8.67. The summed E-state index contributed by atoms with van der Waals surface area (Å²) < 4.78 is 26.3. The van der Waals surface area contributed by atoms with E-state index in [1.54, 1.807) is 18.3 Å². The Morgan fingerprint density at radius 3 is 2.85 bits per heavy atom. The second-order valence-corrected chi connectivity index (χ2v) is 9.53. The smallest absolute Gasteiger partial charge is 0.237 e. The van der Waals surface area contributed by atoms with E-state index in [9.17, 15) is 5.11 Å². The van der Waals surface area contributed by atoms with Crippen molar-refractivity contribution < 1.29 is 19.0 Å². The molecule has 0 unspecified atom stereocenters.